The molecule has 4 heteroatoms. The fourth-order valence-corrected chi connectivity index (χ4v) is 2.47. The molecule has 0 bridgehead atoms. The summed E-state index contributed by atoms with van der Waals surface area (Å²) in [6.45, 7) is 3.03. The van der Waals surface area contributed by atoms with E-state index in [-0.39, 0.29) is 5.91 Å². The zero-order chi connectivity index (χ0) is 12.3. The Morgan fingerprint density at radius 3 is 3.12 bits per heavy atom. The van der Waals surface area contributed by atoms with Crippen molar-refractivity contribution in [2.24, 2.45) is 0 Å². The van der Waals surface area contributed by atoms with E-state index in [1.165, 1.54) is 6.42 Å². The molecule has 1 unspecified atom stereocenters. The van der Waals surface area contributed by atoms with Crippen LogP contribution < -0.4 is 10.6 Å². The fourth-order valence-electron chi connectivity index (χ4n) is 2.10. The maximum atomic E-state index is 11.9. The molecule has 1 aliphatic rings. The van der Waals surface area contributed by atoms with Crippen molar-refractivity contribution >= 4 is 27.5 Å². The van der Waals surface area contributed by atoms with Gasteiger partial charge in [0.05, 0.1) is 0 Å². The Labute approximate surface area is 110 Å². The van der Waals surface area contributed by atoms with Gasteiger partial charge in [0.2, 0.25) is 5.91 Å². The summed E-state index contributed by atoms with van der Waals surface area (Å²) in [6, 6.07) is 6.19. The molecule has 1 saturated heterocycles. The van der Waals surface area contributed by atoms with E-state index in [9.17, 15) is 4.79 Å². The van der Waals surface area contributed by atoms with E-state index in [4.69, 9.17) is 0 Å². The monoisotopic (exact) mass is 296 g/mol. The van der Waals surface area contributed by atoms with Crippen LogP contribution in [0.1, 0.15) is 24.8 Å². The van der Waals surface area contributed by atoms with Gasteiger partial charge in [0.25, 0.3) is 0 Å². The number of nitrogens with one attached hydrogen (secondary N) is 2. The van der Waals surface area contributed by atoms with Crippen LogP contribution in [0.2, 0.25) is 0 Å². The molecule has 17 heavy (non-hydrogen) atoms. The summed E-state index contributed by atoms with van der Waals surface area (Å²) < 4.78 is 1.02. The molecule has 0 aliphatic carbocycles. The van der Waals surface area contributed by atoms with E-state index in [0.717, 1.165) is 28.7 Å². The predicted octanol–water partition coefficient (Wildman–Crippen LogP) is 2.84. The van der Waals surface area contributed by atoms with Gasteiger partial charge in [-0.05, 0) is 44.0 Å². The van der Waals surface area contributed by atoms with Crippen molar-refractivity contribution in [2.45, 2.75) is 32.2 Å². The van der Waals surface area contributed by atoms with Gasteiger partial charge in [-0.25, -0.2) is 0 Å². The number of carbonyl (C=O) groups is 1. The quantitative estimate of drug-likeness (QED) is 0.900. The van der Waals surface area contributed by atoms with E-state index >= 15 is 0 Å². The van der Waals surface area contributed by atoms with Gasteiger partial charge in [0.1, 0.15) is 0 Å². The highest BCUT2D eigenvalue weighted by Crippen LogP contribution is 2.23. The van der Waals surface area contributed by atoms with Gasteiger partial charge in [0.15, 0.2) is 0 Å². The number of amides is 1. The van der Waals surface area contributed by atoms with E-state index < -0.39 is 0 Å². The summed E-state index contributed by atoms with van der Waals surface area (Å²) in [4.78, 5) is 11.9. The lowest BCUT2D eigenvalue weighted by atomic mass is 10.1. The number of hydrogen-bond donors (Lipinski definition) is 2. The molecule has 1 fully saturated rings. The van der Waals surface area contributed by atoms with Gasteiger partial charge < -0.3 is 10.6 Å². The van der Waals surface area contributed by atoms with Crippen molar-refractivity contribution in [3.63, 3.8) is 0 Å². The number of hydrogen-bond acceptors (Lipinski definition) is 2. The summed E-state index contributed by atoms with van der Waals surface area (Å²) >= 11 is 3.46. The molecule has 0 spiro atoms. The Hall–Kier alpha value is -0.870. The average Bonchev–Trinajstić information content (AvgIpc) is 2.77. The lowest BCUT2D eigenvalue weighted by Crippen LogP contribution is -2.27. The summed E-state index contributed by atoms with van der Waals surface area (Å²) in [5, 5.41) is 6.30. The van der Waals surface area contributed by atoms with Crippen LogP contribution in [0.3, 0.4) is 0 Å². The molecular formula is C13H17BrN2O. The zero-order valence-corrected chi connectivity index (χ0v) is 11.5. The van der Waals surface area contributed by atoms with Crippen molar-refractivity contribution in [3.05, 3.63) is 28.2 Å². The molecule has 1 aliphatic heterocycles. The molecule has 92 valence electrons. The van der Waals surface area contributed by atoms with Crippen LogP contribution in [0.25, 0.3) is 0 Å². The molecule has 1 aromatic carbocycles. The van der Waals surface area contributed by atoms with Crippen molar-refractivity contribution < 1.29 is 4.79 Å². The maximum absolute atomic E-state index is 11.9. The van der Waals surface area contributed by atoms with Gasteiger partial charge in [-0.15, -0.1) is 0 Å². The molecule has 0 aromatic heterocycles. The Balaban J connectivity index is 1.95. The highest BCUT2D eigenvalue weighted by atomic mass is 79.9. The van der Waals surface area contributed by atoms with E-state index in [2.05, 4.69) is 26.6 Å². The Morgan fingerprint density at radius 2 is 2.41 bits per heavy atom. The standard InChI is InChI=1S/C13H17BrN2O/c1-9-11(14)5-2-6-12(9)16-13(17)8-10-4-3-7-15-10/h2,5-6,10,15H,3-4,7-8H2,1H3,(H,16,17). The number of rotatable bonds is 3. The van der Waals surface area contributed by atoms with Gasteiger partial charge in [-0.1, -0.05) is 22.0 Å². The second-order valence-corrected chi connectivity index (χ2v) is 5.31. The largest absolute Gasteiger partial charge is 0.326 e. The molecule has 2 rings (SSSR count). The summed E-state index contributed by atoms with van der Waals surface area (Å²) in [6.07, 6.45) is 2.84. The first-order chi connectivity index (χ1) is 8.16. The zero-order valence-electron chi connectivity index (χ0n) is 9.92. The van der Waals surface area contributed by atoms with Crippen LogP contribution in [-0.2, 0) is 4.79 Å². The third-order valence-electron chi connectivity index (χ3n) is 3.14. The van der Waals surface area contributed by atoms with Crippen LogP contribution in [-0.4, -0.2) is 18.5 Å². The highest BCUT2D eigenvalue weighted by Gasteiger charge is 2.18. The normalized spacial score (nSPS) is 19.3. The van der Waals surface area contributed by atoms with Crippen LogP contribution in [0.5, 0.6) is 0 Å². The van der Waals surface area contributed by atoms with Gasteiger partial charge in [-0.3, -0.25) is 4.79 Å². The predicted molar refractivity (Wildman–Crippen MR) is 73.2 cm³/mol. The third kappa shape index (κ3) is 3.30. The van der Waals surface area contributed by atoms with Crippen LogP contribution in [0.4, 0.5) is 5.69 Å². The first kappa shape index (κ1) is 12.6. The van der Waals surface area contributed by atoms with E-state index in [1.807, 2.05) is 25.1 Å². The minimum atomic E-state index is 0.0885. The molecule has 1 heterocycles. The van der Waals surface area contributed by atoms with Gasteiger partial charge in [0, 0.05) is 22.6 Å². The molecular weight excluding hydrogens is 280 g/mol. The molecule has 0 saturated carbocycles. The number of halogens is 1. The van der Waals surface area contributed by atoms with Crippen LogP contribution in [0.15, 0.2) is 22.7 Å². The van der Waals surface area contributed by atoms with Crippen molar-refractivity contribution in [1.29, 1.82) is 0 Å². The minimum absolute atomic E-state index is 0.0885. The molecule has 0 radical (unpaired) electrons. The number of carbonyl (C=O) groups excluding carboxylic acids is 1. The minimum Gasteiger partial charge on any atom is -0.326 e. The number of benzene rings is 1. The van der Waals surface area contributed by atoms with Crippen molar-refractivity contribution in [1.82, 2.24) is 5.32 Å². The average molecular weight is 297 g/mol. The lowest BCUT2D eigenvalue weighted by molar-refractivity contribution is -0.116. The van der Waals surface area contributed by atoms with Gasteiger partial charge >= 0.3 is 0 Å². The van der Waals surface area contributed by atoms with Crippen LogP contribution >= 0.6 is 15.9 Å². The Bertz CT molecular complexity index is 414. The number of anilines is 1. The Kier molecular flexibility index (Phi) is 4.18. The maximum Gasteiger partial charge on any atom is 0.225 e. The summed E-state index contributed by atoms with van der Waals surface area (Å²) in [5.74, 6) is 0.0885. The van der Waals surface area contributed by atoms with Crippen molar-refractivity contribution in [2.75, 3.05) is 11.9 Å². The highest BCUT2D eigenvalue weighted by molar-refractivity contribution is 9.10. The summed E-state index contributed by atoms with van der Waals surface area (Å²) in [5.41, 5.74) is 1.96. The first-order valence-corrected chi connectivity index (χ1v) is 6.74. The Morgan fingerprint density at radius 1 is 1.59 bits per heavy atom. The smallest absolute Gasteiger partial charge is 0.225 e. The molecule has 1 atom stereocenters. The van der Waals surface area contributed by atoms with E-state index in [0.29, 0.717) is 12.5 Å². The molecule has 1 amide bonds. The summed E-state index contributed by atoms with van der Waals surface area (Å²) in [7, 11) is 0. The van der Waals surface area contributed by atoms with Crippen molar-refractivity contribution in [3.8, 4) is 0 Å². The third-order valence-corrected chi connectivity index (χ3v) is 4.00. The van der Waals surface area contributed by atoms with Crippen LogP contribution in [0, 0.1) is 6.92 Å². The molecule has 2 N–H and O–H groups in total. The topological polar surface area (TPSA) is 41.1 Å². The lowest BCUT2D eigenvalue weighted by Gasteiger charge is -2.12. The second-order valence-electron chi connectivity index (χ2n) is 4.46. The second kappa shape index (κ2) is 5.65. The first-order valence-electron chi connectivity index (χ1n) is 5.95. The fraction of sp³-hybridized carbons (Fsp3) is 0.462. The molecule has 1 aromatic rings. The van der Waals surface area contributed by atoms with Gasteiger partial charge in [-0.2, -0.15) is 0 Å². The van der Waals surface area contributed by atoms with E-state index in [1.54, 1.807) is 0 Å². The SMILES string of the molecule is Cc1c(Br)cccc1NC(=O)CC1CCCN1. The molecule has 3 nitrogen and oxygen atoms in total.